The minimum Gasteiger partial charge on any atom is -0.481 e. The van der Waals surface area contributed by atoms with Crippen LogP contribution < -0.4 is 15.0 Å². The SMILES string of the molecule is COc1ccc2nccc(CCN3CCC([N+]4(C)C(=O)CSc5ccc(C(N)=O)nc54)C3)c2n1. The number of primary amides is 1. The maximum absolute atomic E-state index is 13.2. The molecular formula is C24H27N6O3S+. The molecule has 2 amide bonds. The molecular weight excluding hydrogens is 452 g/mol. The summed E-state index contributed by atoms with van der Waals surface area (Å²) in [6.07, 6.45) is 3.51. The van der Waals surface area contributed by atoms with Gasteiger partial charge in [-0.05, 0) is 36.2 Å². The number of hydrogen-bond acceptors (Lipinski definition) is 8. The third-order valence-corrected chi connectivity index (χ3v) is 7.95. The van der Waals surface area contributed by atoms with E-state index in [2.05, 4.69) is 19.9 Å². The number of carbonyl (C=O) groups excluding carboxylic acids is 2. The van der Waals surface area contributed by atoms with Crippen LogP contribution in [0.5, 0.6) is 5.88 Å². The van der Waals surface area contributed by atoms with Gasteiger partial charge in [0.25, 0.3) is 5.91 Å². The number of thioether (sulfide) groups is 1. The summed E-state index contributed by atoms with van der Waals surface area (Å²) in [5, 5.41) is 0. The number of methoxy groups -OCH3 is 1. The summed E-state index contributed by atoms with van der Waals surface area (Å²) in [6, 6.07) is 9.31. The van der Waals surface area contributed by atoms with Gasteiger partial charge in [0, 0.05) is 31.8 Å². The fourth-order valence-electron chi connectivity index (χ4n) is 4.88. The Labute approximate surface area is 201 Å². The standard InChI is InChI=1S/C24H26N6O3S/c1-30(21(31)14-34-19-5-3-18(23(25)32)27-24(19)30)16-9-12-29(13-16)11-8-15-7-10-26-17-4-6-20(33-2)28-22(15)17/h3-7,10,16H,8-9,11-14H2,1-2H3,(H-,25,32)/p+1. The van der Waals surface area contributed by atoms with E-state index in [1.54, 1.807) is 13.2 Å². The summed E-state index contributed by atoms with van der Waals surface area (Å²) in [4.78, 5) is 41.8. The Morgan fingerprint density at radius 1 is 1.26 bits per heavy atom. The molecule has 2 atom stereocenters. The lowest BCUT2D eigenvalue weighted by Gasteiger charge is -2.39. The number of carbonyl (C=O) groups is 2. The van der Waals surface area contributed by atoms with Gasteiger partial charge in [-0.3, -0.25) is 14.7 Å². The number of nitrogens with two attached hydrogens (primary N) is 1. The van der Waals surface area contributed by atoms with Crippen molar-refractivity contribution in [2.75, 3.05) is 39.5 Å². The Balaban J connectivity index is 1.35. The third kappa shape index (κ3) is 3.91. The number of quaternary nitrogens is 1. The van der Waals surface area contributed by atoms with Crippen molar-refractivity contribution in [3.05, 3.63) is 47.8 Å². The van der Waals surface area contributed by atoms with Gasteiger partial charge in [0.2, 0.25) is 11.7 Å². The quantitative estimate of drug-likeness (QED) is 0.535. The molecule has 3 aromatic rings. The molecule has 0 aromatic carbocycles. The summed E-state index contributed by atoms with van der Waals surface area (Å²) in [5.74, 6) is 1.13. The fourth-order valence-corrected chi connectivity index (χ4v) is 5.95. The maximum atomic E-state index is 13.2. The first kappa shape index (κ1) is 22.7. The highest BCUT2D eigenvalue weighted by Gasteiger charge is 2.50. The van der Waals surface area contributed by atoms with Gasteiger partial charge >= 0.3 is 5.91 Å². The molecule has 5 heterocycles. The summed E-state index contributed by atoms with van der Waals surface area (Å²) in [6.45, 7) is 2.51. The summed E-state index contributed by atoms with van der Waals surface area (Å²) in [7, 11) is 3.54. The molecule has 9 nitrogen and oxygen atoms in total. The zero-order valence-electron chi connectivity index (χ0n) is 19.2. The number of pyridine rings is 3. The molecule has 1 fully saturated rings. The van der Waals surface area contributed by atoms with E-state index in [0.717, 1.165) is 54.0 Å². The molecule has 10 heteroatoms. The van der Waals surface area contributed by atoms with Crippen LogP contribution in [0.1, 0.15) is 22.5 Å². The number of likely N-dealkylation sites (N-methyl/N-ethyl adjacent to an activating group) is 1. The van der Waals surface area contributed by atoms with Gasteiger partial charge in [-0.1, -0.05) is 0 Å². The molecule has 0 aliphatic carbocycles. The van der Waals surface area contributed by atoms with Crippen molar-refractivity contribution < 1.29 is 14.3 Å². The van der Waals surface area contributed by atoms with Gasteiger partial charge in [-0.15, -0.1) is 11.8 Å². The van der Waals surface area contributed by atoms with Crippen molar-refractivity contribution in [3.8, 4) is 5.88 Å². The molecule has 34 heavy (non-hydrogen) atoms. The normalized spacial score (nSPS) is 22.6. The number of aromatic nitrogens is 3. The number of amides is 2. The first-order chi connectivity index (χ1) is 16.4. The van der Waals surface area contributed by atoms with Gasteiger partial charge < -0.3 is 10.5 Å². The lowest BCUT2D eigenvalue weighted by atomic mass is 10.1. The molecule has 5 rings (SSSR count). The Hall–Kier alpha value is -3.08. The number of rotatable bonds is 6. The second kappa shape index (κ2) is 8.94. The van der Waals surface area contributed by atoms with Crippen LogP contribution in [-0.4, -0.2) is 77.3 Å². The predicted octanol–water partition coefficient (Wildman–Crippen LogP) is 2.02. The minimum absolute atomic E-state index is 0.0650. The molecule has 0 spiro atoms. The first-order valence-corrected chi connectivity index (χ1v) is 12.2. The topological polar surface area (TPSA) is 111 Å². The van der Waals surface area contributed by atoms with Crippen molar-refractivity contribution in [2.24, 2.45) is 5.73 Å². The number of likely N-dealkylation sites (tertiary alicyclic amines) is 1. The molecule has 0 radical (unpaired) electrons. The maximum Gasteiger partial charge on any atom is 0.330 e. The zero-order chi connectivity index (χ0) is 23.9. The van der Waals surface area contributed by atoms with Crippen molar-refractivity contribution in [3.63, 3.8) is 0 Å². The Morgan fingerprint density at radius 2 is 2.12 bits per heavy atom. The molecule has 2 N–H and O–H groups in total. The van der Waals surface area contributed by atoms with E-state index in [9.17, 15) is 9.59 Å². The zero-order valence-corrected chi connectivity index (χ0v) is 20.0. The highest BCUT2D eigenvalue weighted by molar-refractivity contribution is 8.00. The lowest BCUT2D eigenvalue weighted by molar-refractivity contribution is -0.128. The Kier molecular flexibility index (Phi) is 5.97. The van der Waals surface area contributed by atoms with Gasteiger partial charge in [0.05, 0.1) is 36.6 Å². The van der Waals surface area contributed by atoms with E-state index in [-0.39, 0.29) is 22.1 Å². The van der Waals surface area contributed by atoms with E-state index in [0.29, 0.717) is 17.5 Å². The molecule has 2 aliphatic rings. The van der Waals surface area contributed by atoms with E-state index in [1.165, 1.54) is 11.8 Å². The van der Waals surface area contributed by atoms with Gasteiger partial charge in [-0.25, -0.2) is 14.3 Å². The largest absolute Gasteiger partial charge is 0.481 e. The van der Waals surface area contributed by atoms with E-state index in [1.807, 2.05) is 37.5 Å². The predicted molar refractivity (Wildman–Crippen MR) is 131 cm³/mol. The van der Waals surface area contributed by atoms with Crippen LogP contribution >= 0.6 is 11.8 Å². The molecule has 3 aromatic heterocycles. The Bertz CT molecular complexity index is 1280. The van der Waals surface area contributed by atoms with Gasteiger partial charge in [-0.2, -0.15) is 4.98 Å². The van der Waals surface area contributed by atoms with Crippen molar-refractivity contribution in [1.82, 2.24) is 24.3 Å². The first-order valence-electron chi connectivity index (χ1n) is 11.2. The molecule has 0 bridgehead atoms. The van der Waals surface area contributed by atoms with Crippen LogP contribution in [0.4, 0.5) is 5.82 Å². The van der Waals surface area contributed by atoms with Gasteiger partial charge in [0.15, 0.2) is 0 Å². The molecule has 1 saturated heterocycles. The van der Waals surface area contributed by atoms with Crippen LogP contribution in [-0.2, 0) is 11.2 Å². The summed E-state index contributed by atoms with van der Waals surface area (Å²) < 4.78 is 5.40. The highest BCUT2D eigenvalue weighted by Crippen LogP contribution is 2.41. The molecule has 176 valence electrons. The number of fused-ring (bicyclic) bond motifs is 2. The third-order valence-electron chi connectivity index (χ3n) is 6.93. The highest BCUT2D eigenvalue weighted by atomic mass is 32.2. The van der Waals surface area contributed by atoms with Crippen LogP contribution in [0.2, 0.25) is 0 Å². The van der Waals surface area contributed by atoms with Crippen LogP contribution in [0.3, 0.4) is 0 Å². The molecule has 2 unspecified atom stereocenters. The number of ether oxygens (including phenoxy) is 1. The number of hydrogen-bond donors (Lipinski definition) is 1. The second-order valence-electron chi connectivity index (χ2n) is 8.82. The van der Waals surface area contributed by atoms with Gasteiger partial charge in [0.1, 0.15) is 17.5 Å². The second-order valence-corrected chi connectivity index (χ2v) is 9.84. The lowest BCUT2D eigenvalue weighted by Crippen LogP contribution is -2.61. The van der Waals surface area contributed by atoms with E-state index < -0.39 is 5.91 Å². The molecule has 2 aliphatic heterocycles. The molecule has 0 saturated carbocycles. The average molecular weight is 480 g/mol. The van der Waals surface area contributed by atoms with Crippen LogP contribution in [0, 0.1) is 0 Å². The minimum atomic E-state index is -0.583. The number of nitrogens with zero attached hydrogens (tertiary/aromatic N) is 5. The van der Waals surface area contributed by atoms with E-state index >= 15 is 0 Å². The van der Waals surface area contributed by atoms with Crippen molar-refractivity contribution >= 4 is 40.4 Å². The van der Waals surface area contributed by atoms with Crippen molar-refractivity contribution in [1.29, 1.82) is 0 Å². The summed E-state index contributed by atoms with van der Waals surface area (Å²) in [5.41, 5.74) is 8.49. The van der Waals surface area contributed by atoms with Crippen LogP contribution in [0.15, 0.2) is 41.4 Å². The monoisotopic (exact) mass is 479 g/mol. The summed E-state index contributed by atoms with van der Waals surface area (Å²) >= 11 is 1.47. The van der Waals surface area contributed by atoms with E-state index in [4.69, 9.17) is 10.5 Å². The smallest absolute Gasteiger partial charge is 0.330 e. The fraction of sp³-hybridized carbons (Fsp3) is 0.375. The van der Waals surface area contributed by atoms with Crippen molar-refractivity contribution in [2.45, 2.75) is 23.8 Å². The van der Waals surface area contributed by atoms with Crippen LogP contribution in [0.25, 0.3) is 11.0 Å². The average Bonchev–Trinajstić information content (AvgIpc) is 3.34. The Morgan fingerprint density at radius 3 is 2.91 bits per heavy atom.